The zero-order valence-electron chi connectivity index (χ0n) is 13.7. The maximum Gasteiger partial charge on any atom is 0.251 e. The number of anilines is 1. The normalized spacial score (nSPS) is 19.9. The van der Waals surface area contributed by atoms with Crippen LogP contribution in [0.1, 0.15) is 41.6 Å². The van der Waals surface area contributed by atoms with Crippen molar-refractivity contribution in [3.63, 3.8) is 0 Å². The number of hydrogen-bond acceptors (Lipinski definition) is 3. The Bertz CT molecular complexity index is 637. The molecule has 2 fully saturated rings. The highest BCUT2D eigenvalue weighted by Crippen LogP contribution is 2.32. The van der Waals surface area contributed by atoms with Crippen LogP contribution in [0.15, 0.2) is 18.2 Å². The Balaban J connectivity index is 0.00000169. The molecule has 2 N–H and O–H groups in total. The molecule has 1 aromatic carbocycles. The number of piperidine rings is 1. The van der Waals surface area contributed by atoms with Crippen molar-refractivity contribution in [1.82, 2.24) is 10.2 Å². The Labute approximate surface area is 148 Å². The topological polar surface area (TPSA) is 61.4 Å². The molecule has 2 heterocycles. The number of carbonyl (C=O) groups is 2. The third-order valence-electron chi connectivity index (χ3n) is 5.15. The first-order valence-electron chi connectivity index (χ1n) is 8.67. The molecule has 1 saturated carbocycles. The van der Waals surface area contributed by atoms with Crippen LogP contribution < -0.4 is 10.6 Å². The summed E-state index contributed by atoms with van der Waals surface area (Å²) in [5.41, 5.74) is 3.11. The Morgan fingerprint density at radius 3 is 2.58 bits per heavy atom. The second-order valence-electron chi connectivity index (χ2n) is 6.90. The Morgan fingerprint density at radius 1 is 1.12 bits per heavy atom. The van der Waals surface area contributed by atoms with Gasteiger partial charge in [-0.25, -0.2) is 0 Å². The molecule has 0 atom stereocenters. The maximum absolute atomic E-state index is 12.4. The molecule has 6 heteroatoms. The standard InChI is InChI=1S/C18H23N3O2.ClH/c22-17(14-3-4-16-13(11-14)5-8-19-16)20-15-6-9-21(10-7-15)18(23)12-1-2-12;/h3-4,11-12,15,19H,1-2,5-10H2,(H,20,22);1H. The highest BCUT2D eigenvalue weighted by molar-refractivity contribution is 5.95. The van der Waals surface area contributed by atoms with Gasteiger partial charge in [-0.3, -0.25) is 9.59 Å². The molecule has 1 aromatic rings. The highest BCUT2D eigenvalue weighted by Gasteiger charge is 2.35. The Morgan fingerprint density at radius 2 is 1.88 bits per heavy atom. The fraction of sp³-hybridized carbons (Fsp3) is 0.556. The molecular formula is C18H24ClN3O2. The molecule has 0 radical (unpaired) electrons. The van der Waals surface area contributed by atoms with Gasteiger partial charge in [0.25, 0.3) is 5.91 Å². The molecule has 130 valence electrons. The zero-order valence-corrected chi connectivity index (χ0v) is 14.5. The molecule has 5 nitrogen and oxygen atoms in total. The van der Waals surface area contributed by atoms with E-state index in [0.29, 0.717) is 11.8 Å². The number of benzene rings is 1. The van der Waals surface area contributed by atoms with Crippen LogP contribution in [-0.4, -0.2) is 42.4 Å². The van der Waals surface area contributed by atoms with E-state index in [1.807, 2.05) is 23.1 Å². The first-order valence-corrected chi connectivity index (χ1v) is 8.67. The van der Waals surface area contributed by atoms with Gasteiger partial charge in [-0.05, 0) is 55.9 Å². The van der Waals surface area contributed by atoms with Gasteiger partial charge in [-0.1, -0.05) is 0 Å². The fourth-order valence-corrected chi connectivity index (χ4v) is 3.55. The van der Waals surface area contributed by atoms with Crippen molar-refractivity contribution in [3.05, 3.63) is 29.3 Å². The fourth-order valence-electron chi connectivity index (χ4n) is 3.55. The summed E-state index contributed by atoms with van der Waals surface area (Å²) in [5.74, 6) is 0.619. The first kappa shape index (κ1) is 17.1. The van der Waals surface area contributed by atoms with E-state index in [4.69, 9.17) is 0 Å². The molecule has 0 aromatic heterocycles. The predicted octanol–water partition coefficient (Wildman–Crippen LogP) is 2.21. The van der Waals surface area contributed by atoms with Crippen molar-refractivity contribution < 1.29 is 9.59 Å². The summed E-state index contributed by atoms with van der Waals surface area (Å²) in [7, 11) is 0. The minimum atomic E-state index is 0. The zero-order chi connectivity index (χ0) is 15.8. The Kier molecular flexibility index (Phi) is 4.99. The third-order valence-corrected chi connectivity index (χ3v) is 5.15. The van der Waals surface area contributed by atoms with Crippen molar-refractivity contribution in [1.29, 1.82) is 0 Å². The average molecular weight is 350 g/mol. The summed E-state index contributed by atoms with van der Waals surface area (Å²) < 4.78 is 0. The van der Waals surface area contributed by atoms with Gasteiger partial charge < -0.3 is 15.5 Å². The average Bonchev–Trinajstić information content (AvgIpc) is 3.32. The van der Waals surface area contributed by atoms with Gasteiger partial charge in [-0.2, -0.15) is 0 Å². The quantitative estimate of drug-likeness (QED) is 0.879. The van der Waals surface area contributed by atoms with Crippen LogP contribution in [0.3, 0.4) is 0 Å². The van der Waals surface area contributed by atoms with Gasteiger partial charge in [-0.15, -0.1) is 12.4 Å². The van der Waals surface area contributed by atoms with Crippen LogP contribution in [-0.2, 0) is 11.2 Å². The molecule has 1 aliphatic carbocycles. The molecule has 3 aliphatic rings. The molecule has 0 spiro atoms. The second-order valence-corrected chi connectivity index (χ2v) is 6.90. The molecule has 2 aliphatic heterocycles. The van der Waals surface area contributed by atoms with Gasteiger partial charge in [0.05, 0.1) is 0 Å². The minimum absolute atomic E-state index is 0. The van der Waals surface area contributed by atoms with Crippen LogP contribution in [0, 0.1) is 5.92 Å². The number of amides is 2. The number of fused-ring (bicyclic) bond motifs is 1. The van der Waals surface area contributed by atoms with Crippen LogP contribution in [0.5, 0.6) is 0 Å². The van der Waals surface area contributed by atoms with Gasteiger partial charge in [0, 0.05) is 42.8 Å². The van der Waals surface area contributed by atoms with E-state index in [9.17, 15) is 9.59 Å². The van der Waals surface area contributed by atoms with Crippen LogP contribution in [0.2, 0.25) is 0 Å². The van der Waals surface area contributed by atoms with E-state index in [-0.39, 0.29) is 24.4 Å². The van der Waals surface area contributed by atoms with Gasteiger partial charge >= 0.3 is 0 Å². The van der Waals surface area contributed by atoms with E-state index in [1.54, 1.807) is 0 Å². The predicted molar refractivity (Wildman–Crippen MR) is 95.7 cm³/mol. The second kappa shape index (κ2) is 7.01. The van der Waals surface area contributed by atoms with Crippen molar-refractivity contribution >= 4 is 29.9 Å². The van der Waals surface area contributed by atoms with E-state index in [0.717, 1.165) is 63.0 Å². The molecule has 24 heavy (non-hydrogen) atoms. The monoisotopic (exact) mass is 349 g/mol. The molecule has 0 unspecified atom stereocenters. The van der Waals surface area contributed by atoms with E-state index >= 15 is 0 Å². The number of likely N-dealkylation sites (tertiary alicyclic amines) is 1. The number of rotatable bonds is 3. The number of halogens is 1. The van der Waals surface area contributed by atoms with Gasteiger partial charge in [0.1, 0.15) is 0 Å². The number of hydrogen-bond donors (Lipinski definition) is 2. The van der Waals surface area contributed by atoms with E-state index < -0.39 is 0 Å². The lowest BCUT2D eigenvalue weighted by atomic mass is 10.0. The van der Waals surface area contributed by atoms with Crippen molar-refractivity contribution in [3.8, 4) is 0 Å². The number of nitrogens with one attached hydrogen (secondary N) is 2. The maximum atomic E-state index is 12.4. The van der Waals surface area contributed by atoms with Crippen LogP contribution in [0.25, 0.3) is 0 Å². The molecule has 1 saturated heterocycles. The largest absolute Gasteiger partial charge is 0.384 e. The van der Waals surface area contributed by atoms with Crippen molar-refractivity contribution in [2.24, 2.45) is 5.92 Å². The molecular weight excluding hydrogens is 326 g/mol. The lowest BCUT2D eigenvalue weighted by Crippen LogP contribution is -2.47. The molecule has 4 rings (SSSR count). The summed E-state index contributed by atoms with van der Waals surface area (Å²) in [6.07, 6.45) is 4.82. The first-order chi connectivity index (χ1) is 11.2. The SMILES string of the molecule is Cl.O=C(NC1CCN(C(=O)C2CC2)CC1)c1ccc2c(c1)CCN2. The van der Waals surface area contributed by atoms with Crippen LogP contribution >= 0.6 is 12.4 Å². The van der Waals surface area contributed by atoms with E-state index in [2.05, 4.69) is 10.6 Å². The number of nitrogens with zero attached hydrogens (tertiary/aromatic N) is 1. The summed E-state index contributed by atoms with van der Waals surface area (Å²) in [5, 5.41) is 6.44. The molecule has 2 amide bonds. The summed E-state index contributed by atoms with van der Waals surface area (Å²) in [6, 6.07) is 6.06. The van der Waals surface area contributed by atoms with Gasteiger partial charge in [0.15, 0.2) is 0 Å². The third kappa shape index (κ3) is 3.51. The van der Waals surface area contributed by atoms with Gasteiger partial charge in [0.2, 0.25) is 5.91 Å². The number of carbonyl (C=O) groups excluding carboxylic acids is 2. The summed E-state index contributed by atoms with van der Waals surface area (Å²) in [6.45, 7) is 2.50. The summed E-state index contributed by atoms with van der Waals surface area (Å²) >= 11 is 0. The van der Waals surface area contributed by atoms with E-state index in [1.165, 1.54) is 5.56 Å². The lowest BCUT2D eigenvalue weighted by Gasteiger charge is -2.32. The van der Waals surface area contributed by atoms with Crippen molar-refractivity contribution in [2.75, 3.05) is 25.0 Å². The highest BCUT2D eigenvalue weighted by atomic mass is 35.5. The summed E-state index contributed by atoms with van der Waals surface area (Å²) in [4.78, 5) is 26.5. The molecule has 0 bridgehead atoms. The van der Waals surface area contributed by atoms with Crippen LogP contribution in [0.4, 0.5) is 5.69 Å². The van der Waals surface area contributed by atoms with Crippen molar-refractivity contribution in [2.45, 2.75) is 38.1 Å². The lowest BCUT2D eigenvalue weighted by molar-refractivity contribution is -0.133. The Hall–Kier alpha value is -1.75. The smallest absolute Gasteiger partial charge is 0.251 e. The minimum Gasteiger partial charge on any atom is -0.384 e.